The summed E-state index contributed by atoms with van der Waals surface area (Å²) in [5.74, 6) is -0.691. The number of aromatic hydroxyl groups is 2. The number of ether oxygens (including phenoxy) is 1. The fourth-order valence-electron chi connectivity index (χ4n) is 2.43. The molecule has 154 valence electrons. The predicted molar refractivity (Wildman–Crippen MR) is 109 cm³/mol. The first-order valence-corrected chi connectivity index (χ1v) is 9.02. The van der Waals surface area contributed by atoms with E-state index in [-0.39, 0.29) is 17.9 Å². The molecule has 2 rings (SSSR count). The van der Waals surface area contributed by atoms with Gasteiger partial charge in [-0.05, 0) is 38.5 Å². The Kier molecular flexibility index (Phi) is 7.19. The van der Waals surface area contributed by atoms with Gasteiger partial charge in [0, 0.05) is 11.6 Å². The first-order chi connectivity index (χ1) is 13.6. The van der Waals surface area contributed by atoms with Crippen molar-refractivity contribution in [2.24, 2.45) is 5.10 Å². The summed E-state index contributed by atoms with van der Waals surface area (Å²) in [5, 5.41) is 25.5. The average molecular weight is 399 g/mol. The molecule has 1 atom stereocenters. The molecule has 0 spiro atoms. The first-order valence-electron chi connectivity index (χ1n) is 9.02. The van der Waals surface area contributed by atoms with E-state index in [1.807, 2.05) is 18.2 Å². The zero-order valence-corrected chi connectivity index (χ0v) is 16.5. The largest absolute Gasteiger partial charge is 0.508 e. The Bertz CT molecular complexity index is 876. The van der Waals surface area contributed by atoms with E-state index in [1.165, 1.54) is 24.4 Å². The molecule has 0 aliphatic rings. The second-order valence-corrected chi connectivity index (χ2v) is 7.35. The maximum absolute atomic E-state index is 12.3. The summed E-state index contributed by atoms with van der Waals surface area (Å²) in [5.41, 5.74) is 2.77. The number of alkyl carbamates (subject to hydrolysis) is 1. The lowest BCUT2D eigenvalue weighted by molar-refractivity contribution is -0.121. The molecule has 0 saturated carbocycles. The highest BCUT2D eigenvalue weighted by Gasteiger charge is 2.22. The summed E-state index contributed by atoms with van der Waals surface area (Å²) in [4.78, 5) is 24.4. The Morgan fingerprint density at radius 3 is 2.45 bits per heavy atom. The quantitative estimate of drug-likeness (QED) is 0.439. The van der Waals surface area contributed by atoms with E-state index in [9.17, 15) is 19.8 Å². The first kappa shape index (κ1) is 21.7. The van der Waals surface area contributed by atoms with Crippen LogP contribution < -0.4 is 10.7 Å². The third kappa shape index (κ3) is 7.53. The van der Waals surface area contributed by atoms with Gasteiger partial charge in [0.05, 0.1) is 18.7 Å². The van der Waals surface area contributed by atoms with Crippen LogP contribution in [0.5, 0.6) is 11.5 Å². The summed E-state index contributed by atoms with van der Waals surface area (Å²) in [6.45, 7) is 5.26. The van der Waals surface area contributed by atoms with Gasteiger partial charge < -0.3 is 20.3 Å². The summed E-state index contributed by atoms with van der Waals surface area (Å²) in [6.07, 6.45) is 0.560. The number of benzene rings is 2. The third-order valence-corrected chi connectivity index (χ3v) is 3.69. The minimum Gasteiger partial charge on any atom is -0.508 e. The minimum absolute atomic E-state index is 0.0673. The molecule has 8 heteroatoms. The average Bonchev–Trinajstić information content (AvgIpc) is 2.62. The van der Waals surface area contributed by atoms with E-state index < -0.39 is 23.6 Å². The van der Waals surface area contributed by atoms with Crippen molar-refractivity contribution in [3.05, 3.63) is 59.7 Å². The lowest BCUT2D eigenvalue weighted by atomic mass is 10.0. The number of phenols is 2. The number of carbonyl (C=O) groups is 2. The van der Waals surface area contributed by atoms with Gasteiger partial charge in [-0.3, -0.25) is 4.79 Å². The molecule has 0 fully saturated rings. The fraction of sp³-hybridized carbons (Fsp3) is 0.286. The number of phenolic OH excluding ortho intramolecular Hbond substituents is 2. The molecule has 0 aromatic heterocycles. The number of hydrazone groups is 1. The summed E-state index contributed by atoms with van der Waals surface area (Å²) in [6, 6.07) is 12.5. The summed E-state index contributed by atoms with van der Waals surface area (Å²) in [7, 11) is 0. The molecule has 2 aromatic carbocycles. The highest BCUT2D eigenvalue weighted by molar-refractivity contribution is 5.85. The Hall–Kier alpha value is -3.55. The van der Waals surface area contributed by atoms with Crippen LogP contribution in [0.15, 0.2) is 53.6 Å². The van der Waals surface area contributed by atoms with Gasteiger partial charge in [0.25, 0.3) is 0 Å². The minimum atomic E-state index is -0.663. The van der Waals surface area contributed by atoms with Crippen molar-refractivity contribution in [3.8, 4) is 11.5 Å². The van der Waals surface area contributed by atoms with Crippen molar-refractivity contribution in [2.45, 2.75) is 38.8 Å². The van der Waals surface area contributed by atoms with Gasteiger partial charge in [0.15, 0.2) is 0 Å². The van der Waals surface area contributed by atoms with E-state index in [4.69, 9.17) is 4.74 Å². The highest BCUT2D eigenvalue weighted by atomic mass is 16.6. The number of rotatable bonds is 6. The monoisotopic (exact) mass is 399 g/mol. The Morgan fingerprint density at radius 1 is 1.14 bits per heavy atom. The smallest absolute Gasteiger partial charge is 0.408 e. The van der Waals surface area contributed by atoms with Crippen molar-refractivity contribution in [3.63, 3.8) is 0 Å². The van der Waals surface area contributed by atoms with Crippen molar-refractivity contribution in [1.29, 1.82) is 0 Å². The number of carbonyl (C=O) groups excluding carboxylic acids is 2. The van der Waals surface area contributed by atoms with Crippen LogP contribution in [0.2, 0.25) is 0 Å². The van der Waals surface area contributed by atoms with Gasteiger partial charge >= 0.3 is 6.09 Å². The van der Waals surface area contributed by atoms with Crippen molar-refractivity contribution in [1.82, 2.24) is 10.7 Å². The second kappa shape index (κ2) is 9.59. The zero-order valence-electron chi connectivity index (χ0n) is 16.5. The maximum atomic E-state index is 12.3. The van der Waals surface area contributed by atoms with Crippen molar-refractivity contribution >= 4 is 18.2 Å². The van der Waals surface area contributed by atoms with Gasteiger partial charge in [-0.1, -0.05) is 30.3 Å². The SMILES string of the molecule is CC(C)(C)OC(=O)N[C@@H](CC(=O)N/N=C/c1ccc(O)cc1O)c1ccccc1. The van der Waals surface area contributed by atoms with Crippen LogP contribution in [0.25, 0.3) is 0 Å². The van der Waals surface area contributed by atoms with Gasteiger partial charge in [0.2, 0.25) is 5.91 Å². The van der Waals surface area contributed by atoms with Gasteiger partial charge in [-0.25, -0.2) is 10.2 Å². The van der Waals surface area contributed by atoms with E-state index >= 15 is 0 Å². The van der Waals surface area contributed by atoms with Crippen molar-refractivity contribution < 1.29 is 24.5 Å². The van der Waals surface area contributed by atoms with Crippen LogP contribution in [-0.2, 0) is 9.53 Å². The van der Waals surface area contributed by atoms with Gasteiger partial charge in [-0.15, -0.1) is 0 Å². The molecule has 0 aliphatic heterocycles. The predicted octanol–water partition coefficient (Wildman–Crippen LogP) is 3.20. The zero-order chi connectivity index (χ0) is 21.4. The molecule has 4 N–H and O–H groups in total. The Balaban J connectivity index is 2.03. The normalized spacial score (nSPS) is 12.4. The molecule has 8 nitrogen and oxygen atoms in total. The number of nitrogens with one attached hydrogen (secondary N) is 2. The molecule has 2 amide bonds. The number of hydrogen-bond acceptors (Lipinski definition) is 6. The molecule has 0 radical (unpaired) electrons. The Labute approximate surface area is 169 Å². The fourth-order valence-corrected chi connectivity index (χ4v) is 2.43. The summed E-state index contributed by atoms with van der Waals surface area (Å²) < 4.78 is 5.27. The molecule has 0 bridgehead atoms. The van der Waals surface area contributed by atoms with Crippen LogP contribution in [0.3, 0.4) is 0 Å². The van der Waals surface area contributed by atoms with Gasteiger partial charge in [-0.2, -0.15) is 5.10 Å². The molecule has 2 aromatic rings. The lowest BCUT2D eigenvalue weighted by Crippen LogP contribution is -2.36. The van der Waals surface area contributed by atoms with E-state index in [0.29, 0.717) is 5.56 Å². The van der Waals surface area contributed by atoms with E-state index in [2.05, 4.69) is 15.8 Å². The van der Waals surface area contributed by atoms with Crippen LogP contribution in [-0.4, -0.2) is 34.0 Å². The van der Waals surface area contributed by atoms with Crippen LogP contribution in [0.1, 0.15) is 44.4 Å². The second-order valence-electron chi connectivity index (χ2n) is 7.35. The summed E-state index contributed by atoms with van der Waals surface area (Å²) >= 11 is 0. The molecular weight excluding hydrogens is 374 g/mol. The molecule has 0 heterocycles. The topological polar surface area (TPSA) is 120 Å². The van der Waals surface area contributed by atoms with Gasteiger partial charge in [0.1, 0.15) is 17.1 Å². The molecule has 29 heavy (non-hydrogen) atoms. The maximum Gasteiger partial charge on any atom is 0.408 e. The van der Waals surface area contributed by atoms with E-state index in [1.54, 1.807) is 32.9 Å². The van der Waals surface area contributed by atoms with E-state index in [0.717, 1.165) is 5.56 Å². The van der Waals surface area contributed by atoms with Crippen molar-refractivity contribution in [2.75, 3.05) is 0 Å². The molecule has 0 aliphatic carbocycles. The third-order valence-electron chi connectivity index (χ3n) is 3.69. The highest BCUT2D eigenvalue weighted by Crippen LogP contribution is 2.21. The van der Waals surface area contributed by atoms with Crippen LogP contribution in [0.4, 0.5) is 4.79 Å². The molecule has 0 unspecified atom stereocenters. The number of hydrogen-bond donors (Lipinski definition) is 4. The molecule has 0 saturated heterocycles. The molecular formula is C21H25N3O5. The Morgan fingerprint density at radius 2 is 1.83 bits per heavy atom. The lowest BCUT2D eigenvalue weighted by Gasteiger charge is -2.23. The van der Waals surface area contributed by atoms with Crippen LogP contribution >= 0.6 is 0 Å². The standard InChI is InChI=1S/C21H25N3O5/c1-21(2,3)29-20(28)23-17(14-7-5-4-6-8-14)12-19(27)24-22-13-15-9-10-16(25)11-18(15)26/h4-11,13,17,25-26H,12H2,1-3H3,(H,23,28)(H,24,27)/b22-13+/t17-/m0/s1. The number of nitrogens with zero attached hydrogens (tertiary/aromatic N) is 1. The number of amides is 2. The van der Waals surface area contributed by atoms with Crippen LogP contribution in [0, 0.1) is 0 Å².